The molecule has 2 rings (SSSR count). The number of esters is 1. The summed E-state index contributed by atoms with van der Waals surface area (Å²) in [4.78, 5) is 16.3. The molecule has 0 aliphatic carbocycles. The zero-order valence-electron chi connectivity index (χ0n) is 11.2. The van der Waals surface area contributed by atoms with Gasteiger partial charge in [0.25, 0.3) is 0 Å². The van der Waals surface area contributed by atoms with E-state index in [-0.39, 0.29) is 12.6 Å². The molecule has 2 N–H and O–H groups in total. The molecule has 0 radical (unpaired) electrons. The molecule has 2 aromatic rings. The topological polar surface area (TPSA) is 65.2 Å². The van der Waals surface area contributed by atoms with Crippen LogP contribution in [-0.4, -0.2) is 11.0 Å². The second-order valence-corrected chi connectivity index (χ2v) is 5.52. The first-order chi connectivity index (χ1) is 8.97. The summed E-state index contributed by atoms with van der Waals surface area (Å²) in [5.41, 5.74) is 9.53. The largest absolute Gasteiger partial charge is 0.456 e. The number of ether oxygens (including phenoxy) is 1. The number of aromatic nitrogens is 1. The van der Waals surface area contributed by atoms with Gasteiger partial charge in [-0.05, 0) is 38.0 Å². The average Bonchev–Trinajstić information content (AvgIpc) is 2.77. The van der Waals surface area contributed by atoms with Gasteiger partial charge in [0.2, 0.25) is 0 Å². The number of carbonyl (C=O) groups is 1. The van der Waals surface area contributed by atoms with Crippen molar-refractivity contribution in [2.24, 2.45) is 0 Å². The van der Waals surface area contributed by atoms with Gasteiger partial charge in [0.1, 0.15) is 6.61 Å². The van der Waals surface area contributed by atoms with Gasteiger partial charge in [-0.2, -0.15) is 0 Å². The van der Waals surface area contributed by atoms with Gasteiger partial charge in [0.15, 0.2) is 0 Å². The predicted octanol–water partition coefficient (Wildman–Crippen LogP) is 3.01. The summed E-state index contributed by atoms with van der Waals surface area (Å²) >= 11 is 1.54. The van der Waals surface area contributed by atoms with Crippen LogP contribution in [0.2, 0.25) is 0 Å². The standard InChI is InChI=1S/C14H16N2O2S/c1-8-4-9(2)13(15)5-12(8)14(17)18-6-11-7-19-10(3)16-11/h4-5,7H,6,15H2,1-3H3. The number of hydrogen-bond acceptors (Lipinski definition) is 5. The second kappa shape index (κ2) is 5.40. The summed E-state index contributed by atoms with van der Waals surface area (Å²) < 4.78 is 5.25. The fourth-order valence-electron chi connectivity index (χ4n) is 1.78. The highest BCUT2D eigenvalue weighted by atomic mass is 32.1. The van der Waals surface area contributed by atoms with Gasteiger partial charge < -0.3 is 10.5 Å². The first kappa shape index (κ1) is 13.5. The molecule has 0 saturated carbocycles. The lowest BCUT2D eigenvalue weighted by Crippen LogP contribution is -2.08. The number of aryl methyl sites for hydroxylation is 3. The molecule has 0 saturated heterocycles. The summed E-state index contributed by atoms with van der Waals surface area (Å²) in [6, 6.07) is 3.55. The fourth-order valence-corrected chi connectivity index (χ4v) is 2.38. The molecule has 0 atom stereocenters. The van der Waals surface area contributed by atoms with E-state index in [1.54, 1.807) is 6.07 Å². The quantitative estimate of drug-likeness (QED) is 0.691. The van der Waals surface area contributed by atoms with E-state index in [9.17, 15) is 4.79 Å². The maximum Gasteiger partial charge on any atom is 0.338 e. The first-order valence-corrected chi connectivity index (χ1v) is 6.80. The Bertz CT molecular complexity index is 620. The Morgan fingerprint density at radius 3 is 2.68 bits per heavy atom. The fraction of sp³-hybridized carbons (Fsp3) is 0.286. The molecule has 0 aliphatic rings. The first-order valence-electron chi connectivity index (χ1n) is 5.92. The van der Waals surface area contributed by atoms with E-state index in [1.165, 1.54) is 11.3 Å². The highest BCUT2D eigenvalue weighted by Gasteiger charge is 2.13. The maximum atomic E-state index is 12.0. The predicted molar refractivity (Wildman–Crippen MR) is 76.3 cm³/mol. The van der Waals surface area contributed by atoms with Crippen molar-refractivity contribution in [3.63, 3.8) is 0 Å². The SMILES string of the molecule is Cc1nc(COC(=O)c2cc(N)c(C)cc2C)cs1. The van der Waals surface area contributed by atoms with Crippen LogP contribution in [0.3, 0.4) is 0 Å². The van der Waals surface area contributed by atoms with Gasteiger partial charge >= 0.3 is 5.97 Å². The van der Waals surface area contributed by atoms with E-state index in [4.69, 9.17) is 10.5 Å². The van der Waals surface area contributed by atoms with E-state index >= 15 is 0 Å². The van der Waals surface area contributed by atoms with E-state index in [1.807, 2.05) is 32.2 Å². The van der Waals surface area contributed by atoms with Crippen molar-refractivity contribution < 1.29 is 9.53 Å². The zero-order valence-corrected chi connectivity index (χ0v) is 12.0. The van der Waals surface area contributed by atoms with Crippen LogP contribution in [0, 0.1) is 20.8 Å². The van der Waals surface area contributed by atoms with Crippen LogP contribution >= 0.6 is 11.3 Å². The highest BCUT2D eigenvalue weighted by molar-refractivity contribution is 7.09. The summed E-state index contributed by atoms with van der Waals surface area (Å²) in [6.07, 6.45) is 0. The Labute approximate surface area is 116 Å². The number of nitrogen functional groups attached to an aromatic ring is 1. The summed E-state index contributed by atoms with van der Waals surface area (Å²) in [5.74, 6) is -0.366. The molecule has 0 spiro atoms. The monoisotopic (exact) mass is 276 g/mol. The average molecular weight is 276 g/mol. The Kier molecular flexibility index (Phi) is 3.85. The smallest absolute Gasteiger partial charge is 0.338 e. The minimum Gasteiger partial charge on any atom is -0.456 e. The molecule has 0 aliphatic heterocycles. The second-order valence-electron chi connectivity index (χ2n) is 4.46. The van der Waals surface area contributed by atoms with Crippen LogP contribution in [0.4, 0.5) is 5.69 Å². The Balaban J connectivity index is 2.10. The van der Waals surface area contributed by atoms with Gasteiger partial charge in [-0.25, -0.2) is 9.78 Å². The number of benzene rings is 1. The van der Waals surface area contributed by atoms with Crippen molar-refractivity contribution in [2.45, 2.75) is 27.4 Å². The number of nitrogens with two attached hydrogens (primary N) is 1. The van der Waals surface area contributed by atoms with Crippen LogP contribution in [0.5, 0.6) is 0 Å². The molecule has 100 valence electrons. The minimum absolute atomic E-state index is 0.191. The van der Waals surface area contributed by atoms with Gasteiger partial charge in [-0.1, -0.05) is 6.07 Å². The van der Waals surface area contributed by atoms with Gasteiger partial charge in [-0.15, -0.1) is 11.3 Å². The van der Waals surface area contributed by atoms with Crippen molar-refractivity contribution in [3.05, 3.63) is 44.9 Å². The lowest BCUT2D eigenvalue weighted by molar-refractivity contribution is 0.0467. The third-order valence-corrected chi connectivity index (χ3v) is 3.67. The molecule has 0 bridgehead atoms. The zero-order chi connectivity index (χ0) is 14.0. The number of nitrogens with zero attached hydrogens (tertiary/aromatic N) is 1. The summed E-state index contributed by atoms with van der Waals surface area (Å²) in [5, 5.41) is 2.85. The van der Waals surface area contributed by atoms with Crippen LogP contribution in [0.25, 0.3) is 0 Å². The third kappa shape index (κ3) is 3.12. The number of hydrogen-bond donors (Lipinski definition) is 1. The number of carbonyl (C=O) groups excluding carboxylic acids is 1. The van der Waals surface area contributed by atoms with E-state index in [0.717, 1.165) is 21.8 Å². The van der Waals surface area contributed by atoms with Crippen LogP contribution in [-0.2, 0) is 11.3 Å². The Morgan fingerprint density at radius 2 is 2.05 bits per heavy atom. The molecule has 1 aromatic heterocycles. The van der Waals surface area contributed by atoms with Crippen molar-refractivity contribution in [1.82, 2.24) is 4.98 Å². The molecule has 19 heavy (non-hydrogen) atoms. The Morgan fingerprint density at radius 1 is 1.32 bits per heavy atom. The lowest BCUT2D eigenvalue weighted by Gasteiger charge is -2.09. The van der Waals surface area contributed by atoms with Crippen molar-refractivity contribution >= 4 is 23.0 Å². The van der Waals surface area contributed by atoms with Gasteiger partial charge in [-0.3, -0.25) is 0 Å². The molecule has 0 amide bonds. The van der Waals surface area contributed by atoms with Crippen molar-refractivity contribution in [3.8, 4) is 0 Å². The lowest BCUT2D eigenvalue weighted by atomic mass is 10.0. The number of thiazole rings is 1. The molecule has 1 aromatic carbocycles. The Hall–Kier alpha value is -1.88. The van der Waals surface area contributed by atoms with E-state index in [0.29, 0.717) is 11.3 Å². The van der Waals surface area contributed by atoms with E-state index in [2.05, 4.69) is 4.98 Å². The highest BCUT2D eigenvalue weighted by Crippen LogP contribution is 2.19. The van der Waals surface area contributed by atoms with Gasteiger partial charge in [0.05, 0.1) is 16.3 Å². The molecular weight excluding hydrogens is 260 g/mol. The summed E-state index contributed by atoms with van der Waals surface area (Å²) in [6.45, 7) is 5.89. The molecule has 0 fully saturated rings. The van der Waals surface area contributed by atoms with Crippen LogP contribution in [0.1, 0.15) is 32.2 Å². The van der Waals surface area contributed by atoms with Gasteiger partial charge in [0, 0.05) is 11.1 Å². The van der Waals surface area contributed by atoms with Crippen molar-refractivity contribution in [2.75, 3.05) is 5.73 Å². The van der Waals surface area contributed by atoms with E-state index < -0.39 is 0 Å². The molecule has 5 heteroatoms. The van der Waals surface area contributed by atoms with Crippen LogP contribution in [0.15, 0.2) is 17.5 Å². The molecule has 0 unspecified atom stereocenters. The molecular formula is C14H16N2O2S. The minimum atomic E-state index is -0.366. The number of anilines is 1. The number of rotatable bonds is 3. The third-order valence-electron chi connectivity index (χ3n) is 2.85. The van der Waals surface area contributed by atoms with Crippen molar-refractivity contribution in [1.29, 1.82) is 0 Å². The molecule has 4 nitrogen and oxygen atoms in total. The molecule has 1 heterocycles. The maximum absolute atomic E-state index is 12.0. The summed E-state index contributed by atoms with van der Waals surface area (Å²) in [7, 11) is 0. The van der Waals surface area contributed by atoms with Crippen LogP contribution < -0.4 is 5.73 Å². The normalized spacial score (nSPS) is 10.5.